The highest BCUT2D eigenvalue weighted by Gasteiger charge is 2.23. The lowest BCUT2D eigenvalue weighted by molar-refractivity contribution is -0.175. The second kappa shape index (κ2) is 3.99. The van der Waals surface area contributed by atoms with E-state index in [0.29, 0.717) is 0 Å². The third-order valence-corrected chi connectivity index (χ3v) is 2.16. The van der Waals surface area contributed by atoms with Gasteiger partial charge in [0, 0.05) is 0 Å². The summed E-state index contributed by atoms with van der Waals surface area (Å²) in [5.74, 6) is -1.75. The predicted octanol–water partition coefficient (Wildman–Crippen LogP) is -1.49. The van der Waals surface area contributed by atoms with Gasteiger partial charge < -0.3 is 14.9 Å². The first-order valence-corrected chi connectivity index (χ1v) is 4.58. The molecule has 0 bridgehead atoms. The second-order valence-corrected chi connectivity index (χ2v) is 3.48. The average molecular weight is 170 g/mol. The molecule has 0 radical (unpaired) electrons. The molecule has 7 heteroatoms. The predicted molar refractivity (Wildman–Crippen MR) is 26.1 cm³/mol. The Morgan fingerprint density at radius 1 is 1.44 bits per heavy atom. The normalized spacial score (nSPS) is 16.8. The molecule has 0 saturated heterocycles. The molecule has 0 aromatic rings. The zero-order valence-electron chi connectivity index (χ0n) is 4.26. The van der Waals surface area contributed by atoms with Crippen molar-refractivity contribution >= 4 is 16.1 Å². The van der Waals surface area contributed by atoms with Crippen LogP contribution >= 0.6 is 16.1 Å². The first kappa shape index (κ1) is 9.08. The van der Waals surface area contributed by atoms with Gasteiger partial charge in [-0.3, -0.25) is 0 Å². The van der Waals surface area contributed by atoms with E-state index in [9.17, 15) is 18.9 Å². The Morgan fingerprint density at radius 3 is 2.00 bits per heavy atom. The van der Waals surface area contributed by atoms with E-state index in [0.717, 1.165) is 0 Å². The fraction of sp³-hybridized carbons (Fsp3) is 1.00. The minimum atomic E-state index is -3.02. The van der Waals surface area contributed by atoms with E-state index in [4.69, 9.17) is 5.11 Å². The summed E-state index contributed by atoms with van der Waals surface area (Å²) in [5.41, 5.74) is 0. The van der Waals surface area contributed by atoms with Crippen molar-refractivity contribution in [3.05, 3.63) is 0 Å². The van der Waals surface area contributed by atoms with E-state index in [2.05, 4.69) is 0 Å². The van der Waals surface area contributed by atoms with Crippen molar-refractivity contribution in [1.82, 2.24) is 0 Å². The summed E-state index contributed by atoms with van der Waals surface area (Å²) in [7, 11) is -5.83. The smallest absolute Gasteiger partial charge is 0.345 e. The largest absolute Gasteiger partial charge is 0.595 e. The molecule has 1 N–H and O–H groups in total. The first-order valence-electron chi connectivity index (χ1n) is 1.97. The van der Waals surface area contributed by atoms with Crippen LogP contribution in [0.5, 0.6) is 0 Å². The third kappa shape index (κ3) is 4.58. The van der Waals surface area contributed by atoms with Crippen LogP contribution in [0.2, 0.25) is 0 Å². The Morgan fingerprint density at radius 2 is 1.89 bits per heavy atom. The summed E-state index contributed by atoms with van der Waals surface area (Å²) in [6.07, 6.45) is -0.714. The number of hydrogen-bond acceptors (Lipinski definition) is 5. The molecule has 0 saturated carbocycles. The standard InChI is InChI=1S/C2H4O5P2/c3-2(9(6)7)1-8(4)5/h2-3H,1H2. The molecular weight excluding hydrogens is 166 g/mol. The van der Waals surface area contributed by atoms with E-state index >= 15 is 0 Å². The van der Waals surface area contributed by atoms with Gasteiger partial charge in [0.15, 0.2) is 0 Å². The first-order chi connectivity index (χ1) is 4.04. The van der Waals surface area contributed by atoms with Crippen molar-refractivity contribution in [1.29, 1.82) is 0 Å². The molecule has 3 atom stereocenters. The summed E-state index contributed by atoms with van der Waals surface area (Å²) in [4.78, 5) is 19.5. The van der Waals surface area contributed by atoms with Crippen LogP contribution in [0.15, 0.2) is 0 Å². The van der Waals surface area contributed by atoms with Gasteiger partial charge in [0.1, 0.15) is 0 Å². The van der Waals surface area contributed by atoms with Crippen LogP contribution in [-0.4, -0.2) is 17.1 Å². The Bertz CT molecular complexity index is 133. The fourth-order valence-corrected chi connectivity index (χ4v) is 1.40. The van der Waals surface area contributed by atoms with Gasteiger partial charge in [-0.1, -0.05) is 9.13 Å². The molecule has 0 aromatic heterocycles. The number of hydrogen-bond donors (Lipinski definition) is 1. The molecule has 0 amide bonds. The molecule has 52 valence electrons. The fourth-order valence-electron chi connectivity index (χ4n) is 0.200. The summed E-state index contributed by atoms with van der Waals surface area (Å²) in [6.45, 7) is 0. The summed E-state index contributed by atoms with van der Waals surface area (Å²) in [6, 6.07) is 0. The Balaban J connectivity index is 3.63. The molecule has 0 rings (SSSR count). The van der Waals surface area contributed by atoms with Gasteiger partial charge in [-0.2, -0.15) is 0 Å². The van der Waals surface area contributed by atoms with Crippen LogP contribution in [0.1, 0.15) is 0 Å². The maximum Gasteiger partial charge on any atom is 0.345 e. The summed E-state index contributed by atoms with van der Waals surface area (Å²) >= 11 is 0. The number of aliphatic hydroxyl groups is 1. The van der Waals surface area contributed by atoms with E-state index in [1.54, 1.807) is 0 Å². The van der Waals surface area contributed by atoms with E-state index in [1.165, 1.54) is 0 Å². The zero-order chi connectivity index (χ0) is 7.44. The van der Waals surface area contributed by atoms with E-state index in [1.807, 2.05) is 0 Å². The quantitative estimate of drug-likeness (QED) is 0.520. The third-order valence-electron chi connectivity index (χ3n) is 0.556. The second-order valence-electron chi connectivity index (χ2n) is 1.28. The lowest BCUT2D eigenvalue weighted by Gasteiger charge is -1.92. The molecule has 0 aliphatic carbocycles. The lowest BCUT2D eigenvalue weighted by atomic mass is 10.9. The van der Waals surface area contributed by atoms with Crippen LogP contribution in [0.3, 0.4) is 0 Å². The monoisotopic (exact) mass is 170 g/mol. The maximum absolute atomic E-state index is 9.75. The van der Waals surface area contributed by atoms with Crippen LogP contribution in [0.25, 0.3) is 0 Å². The van der Waals surface area contributed by atoms with Gasteiger partial charge in [-0.25, -0.2) is 0 Å². The Labute approximate surface area is 53.1 Å². The van der Waals surface area contributed by atoms with Gasteiger partial charge in [-0.15, -0.1) is 0 Å². The number of rotatable bonds is 3. The van der Waals surface area contributed by atoms with Crippen molar-refractivity contribution in [2.75, 3.05) is 6.16 Å². The Hall–Kier alpha value is 0.0800. The van der Waals surface area contributed by atoms with Gasteiger partial charge in [0.2, 0.25) is 6.16 Å². The lowest BCUT2D eigenvalue weighted by Crippen LogP contribution is -2.12. The topological polar surface area (TPSA) is 100 Å². The highest BCUT2D eigenvalue weighted by Crippen LogP contribution is 2.21. The van der Waals surface area contributed by atoms with E-state index in [-0.39, 0.29) is 0 Å². The summed E-state index contributed by atoms with van der Waals surface area (Å²) < 4.78 is 19.5. The highest BCUT2D eigenvalue weighted by atomic mass is 31.1. The van der Waals surface area contributed by atoms with E-state index < -0.39 is 28.1 Å². The molecular formula is C2H4O5P2. The average Bonchev–Trinajstić information content (AvgIpc) is 1.63. The van der Waals surface area contributed by atoms with Crippen molar-refractivity contribution < 1.29 is 24.0 Å². The van der Waals surface area contributed by atoms with Crippen LogP contribution in [-0.2, 0) is 9.13 Å². The van der Waals surface area contributed by atoms with Crippen molar-refractivity contribution in [3.8, 4) is 0 Å². The minimum absolute atomic E-state index is 0.714. The van der Waals surface area contributed by atoms with Gasteiger partial charge in [-0.05, 0) is 0 Å². The highest BCUT2D eigenvalue weighted by molar-refractivity contribution is 7.41. The van der Waals surface area contributed by atoms with Crippen LogP contribution < -0.4 is 9.79 Å². The van der Waals surface area contributed by atoms with Crippen molar-refractivity contribution in [2.45, 2.75) is 5.85 Å². The molecule has 0 aromatic carbocycles. The molecule has 0 aliphatic rings. The molecule has 0 fully saturated rings. The van der Waals surface area contributed by atoms with Gasteiger partial charge in [0.05, 0.1) is 0 Å². The molecule has 9 heavy (non-hydrogen) atoms. The molecule has 0 aliphatic heterocycles. The van der Waals surface area contributed by atoms with Gasteiger partial charge >= 0.3 is 16.1 Å². The van der Waals surface area contributed by atoms with Crippen LogP contribution in [0, 0.1) is 0 Å². The maximum atomic E-state index is 9.75. The molecule has 5 nitrogen and oxygen atoms in total. The number of aliphatic hydroxyl groups excluding tert-OH is 1. The van der Waals surface area contributed by atoms with Crippen LogP contribution in [0.4, 0.5) is 0 Å². The Kier molecular flexibility index (Phi) is 4.02. The minimum Gasteiger partial charge on any atom is -0.595 e. The van der Waals surface area contributed by atoms with Gasteiger partial charge in [0.25, 0.3) is 5.85 Å². The van der Waals surface area contributed by atoms with Crippen molar-refractivity contribution in [3.63, 3.8) is 0 Å². The molecule has 3 unspecified atom stereocenters. The zero-order valence-corrected chi connectivity index (χ0v) is 6.05. The molecule has 0 spiro atoms. The molecule has 0 heterocycles. The van der Waals surface area contributed by atoms with Crippen molar-refractivity contribution in [2.24, 2.45) is 0 Å². The summed E-state index contributed by atoms with van der Waals surface area (Å²) in [5, 5.41) is 8.32. The SMILES string of the molecule is O=[P+]([O-])CC(O)[P+](=O)[O-].